The maximum Gasteiger partial charge on any atom is 0.260 e. The number of ether oxygens (including phenoxy) is 1. The molecule has 0 radical (unpaired) electrons. The van der Waals surface area contributed by atoms with Crippen LogP contribution >= 0.6 is 0 Å². The average molecular weight is 297 g/mol. The molecule has 3 heteroatoms. The first kappa shape index (κ1) is 16.1. The molecule has 3 nitrogen and oxygen atoms in total. The second kappa shape index (κ2) is 8.23. The average Bonchev–Trinajstić information content (AvgIpc) is 2.55. The quantitative estimate of drug-likeness (QED) is 0.848. The van der Waals surface area contributed by atoms with Crippen molar-refractivity contribution in [2.45, 2.75) is 38.8 Å². The standard InChI is InChI=1S/C19H23NO2/c1-15(13-14-17-9-5-3-6-10-17)20-19(21)16(2)22-18-11-7-4-8-12-18/h3-12,15-16H,13-14H2,1-2H3,(H,20,21)/t15-,16-/m0/s1. The molecule has 1 N–H and O–H groups in total. The van der Waals surface area contributed by atoms with E-state index in [1.807, 2.05) is 55.5 Å². The number of carbonyl (C=O) groups excluding carboxylic acids is 1. The van der Waals surface area contributed by atoms with E-state index in [-0.39, 0.29) is 11.9 Å². The van der Waals surface area contributed by atoms with Crippen molar-refractivity contribution in [1.82, 2.24) is 5.32 Å². The van der Waals surface area contributed by atoms with Gasteiger partial charge in [0.15, 0.2) is 6.10 Å². The predicted octanol–water partition coefficient (Wildman–Crippen LogP) is 3.59. The van der Waals surface area contributed by atoms with Crippen molar-refractivity contribution in [2.24, 2.45) is 0 Å². The van der Waals surface area contributed by atoms with Gasteiger partial charge in [-0.15, -0.1) is 0 Å². The van der Waals surface area contributed by atoms with Gasteiger partial charge in [-0.25, -0.2) is 0 Å². The van der Waals surface area contributed by atoms with Crippen molar-refractivity contribution in [1.29, 1.82) is 0 Å². The van der Waals surface area contributed by atoms with Gasteiger partial charge in [0, 0.05) is 6.04 Å². The molecule has 0 unspecified atom stereocenters. The molecule has 0 saturated carbocycles. The van der Waals surface area contributed by atoms with E-state index >= 15 is 0 Å². The van der Waals surface area contributed by atoms with Gasteiger partial charge in [0.05, 0.1) is 0 Å². The molecule has 2 aromatic rings. The molecule has 116 valence electrons. The first-order valence-corrected chi connectivity index (χ1v) is 7.71. The van der Waals surface area contributed by atoms with Crippen LogP contribution < -0.4 is 10.1 Å². The van der Waals surface area contributed by atoms with Gasteiger partial charge in [0.2, 0.25) is 0 Å². The van der Waals surface area contributed by atoms with Crippen LogP contribution in [0, 0.1) is 0 Å². The summed E-state index contributed by atoms with van der Waals surface area (Å²) in [5, 5.41) is 3.01. The van der Waals surface area contributed by atoms with Gasteiger partial charge in [-0.2, -0.15) is 0 Å². The highest BCUT2D eigenvalue weighted by atomic mass is 16.5. The lowest BCUT2D eigenvalue weighted by molar-refractivity contribution is -0.127. The summed E-state index contributed by atoms with van der Waals surface area (Å²) in [5.41, 5.74) is 1.29. The highest BCUT2D eigenvalue weighted by Gasteiger charge is 2.16. The number of hydrogen-bond donors (Lipinski definition) is 1. The second-order valence-electron chi connectivity index (χ2n) is 5.51. The van der Waals surface area contributed by atoms with Crippen molar-refractivity contribution in [2.75, 3.05) is 0 Å². The van der Waals surface area contributed by atoms with E-state index in [0.29, 0.717) is 5.75 Å². The summed E-state index contributed by atoms with van der Waals surface area (Å²) in [7, 11) is 0. The highest BCUT2D eigenvalue weighted by molar-refractivity contribution is 5.80. The third-order valence-electron chi connectivity index (χ3n) is 3.52. The summed E-state index contributed by atoms with van der Waals surface area (Å²) in [6, 6.07) is 19.8. The van der Waals surface area contributed by atoms with Crippen LogP contribution in [0.25, 0.3) is 0 Å². The van der Waals surface area contributed by atoms with E-state index in [0.717, 1.165) is 12.8 Å². The molecule has 0 spiro atoms. The predicted molar refractivity (Wildman–Crippen MR) is 88.9 cm³/mol. The molecule has 1 amide bonds. The molecule has 0 aliphatic heterocycles. The summed E-state index contributed by atoms with van der Waals surface area (Å²) in [6.07, 6.45) is 1.37. The number of amides is 1. The van der Waals surface area contributed by atoms with Crippen LogP contribution in [0.2, 0.25) is 0 Å². The number of rotatable bonds is 7. The van der Waals surface area contributed by atoms with Crippen molar-refractivity contribution >= 4 is 5.91 Å². The minimum atomic E-state index is -0.499. The van der Waals surface area contributed by atoms with E-state index in [1.54, 1.807) is 6.92 Å². The minimum Gasteiger partial charge on any atom is -0.481 e. The summed E-state index contributed by atoms with van der Waals surface area (Å²) in [5.74, 6) is 0.631. The molecular formula is C19H23NO2. The zero-order chi connectivity index (χ0) is 15.8. The van der Waals surface area contributed by atoms with Gasteiger partial charge >= 0.3 is 0 Å². The first-order chi connectivity index (χ1) is 10.6. The van der Waals surface area contributed by atoms with Gasteiger partial charge in [-0.05, 0) is 44.4 Å². The largest absolute Gasteiger partial charge is 0.481 e. The summed E-state index contributed by atoms with van der Waals surface area (Å²) in [6.45, 7) is 3.79. The Morgan fingerprint density at radius 3 is 2.23 bits per heavy atom. The lowest BCUT2D eigenvalue weighted by Gasteiger charge is -2.18. The second-order valence-corrected chi connectivity index (χ2v) is 5.51. The molecule has 0 fully saturated rings. The number of carbonyl (C=O) groups is 1. The molecule has 22 heavy (non-hydrogen) atoms. The number of benzene rings is 2. The van der Waals surface area contributed by atoms with E-state index in [1.165, 1.54) is 5.56 Å². The van der Waals surface area contributed by atoms with Crippen molar-refractivity contribution in [3.63, 3.8) is 0 Å². The Hall–Kier alpha value is -2.29. The number of aryl methyl sites for hydroxylation is 1. The fourth-order valence-electron chi connectivity index (χ4n) is 2.22. The molecule has 0 bridgehead atoms. The molecule has 0 aliphatic carbocycles. The van der Waals surface area contributed by atoms with E-state index < -0.39 is 6.10 Å². The van der Waals surface area contributed by atoms with Crippen LogP contribution in [0.1, 0.15) is 25.8 Å². The van der Waals surface area contributed by atoms with Gasteiger partial charge in [0.1, 0.15) is 5.75 Å². The van der Waals surface area contributed by atoms with E-state index in [4.69, 9.17) is 4.74 Å². The Labute approximate surface area is 132 Å². The molecule has 0 saturated heterocycles. The van der Waals surface area contributed by atoms with Crippen LogP contribution in [0.4, 0.5) is 0 Å². The van der Waals surface area contributed by atoms with E-state index in [9.17, 15) is 4.79 Å². The third kappa shape index (κ3) is 5.24. The number of para-hydroxylation sites is 1. The third-order valence-corrected chi connectivity index (χ3v) is 3.52. The number of hydrogen-bond acceptors (Lipinski definition) is 2. The fourth-order valence-corrected chi connectivity index (χ4v) is 2.22. The Kier molecular flexibility index (Phi) is 6.01. The molecule has 0 heterocycles. The molecular weight excluding hydrogens is 274 g/mol. The molecule has 0 aromatic heterocycles. The molecule has 2 atom stereocenters. The fraction of sp³-hybridized carbons (Fsp3) is 0.316. The number of nitrogens with one attached hydrogen (secondary N) is 1. The smallest absolute Gasteiger partial charge is 0.260 e. The van der Waals surface area contributed by atoms with Crippen molar-refractivity contribution in [3.05, 3.63) is 66.2 Å². The van der Waals surface area contributed by atoms with Crippen LogP contribution in [0.3, 0.4) is 0 Å². The Bertz CT molecular complexity index is 569. The Balaban J connectivity index is 1.75. The van der Waals surface area contributed by atoms with Crippen LogP contribution in [-0.2, 0) is 11.2 Å². The highest BCUT2D eigenvalue weighted by Crippen LogP contribution is 2.11. The summed E-state index contributed by atoms with van der Waals surface area (Å²) in [4.78, 5) is 12.1. The van der Waals surface area contributed by atoms with Gasteiger partial charge < -0.3 is 10.1 Å². The van der Waals surface area contributed by atoms with Crippen molar-refractivity contribution in [3.8, 4) is 5.75 Å². The maximum atomic E-state index is 12.1. The summed E-state index contributed by atoms with van der Waals surface area (Å²) >= 11 is 0. The maximum absolute atomic E-state index is 12.1. The monoisotopic (exact) mass is 297 g/mol. The normalized spacial score (nSPS) is 13.2. The molecule has 2 rings (SSSR count). The van der Waals surface area contributed by atoms with Gasteiger partial charge in [0.25, 0.3) is 5.91 Å². The van der Waals surface area contributed by atoms with Crippen molar-refractivity contribution < 1.29 is 9.53 Å². The van der Waals surface area contributed by atoms with Crippen LogP contribution in [0.15, 0.2) is 60.7 Å². The van der Waals surface area contributed by atoms with Crippen LogP contribution in [0.5, 0.6) is 5.75 Å². The SMILES string of the molecule is C[C@H](Oc1ccccc1)C(=O)N[C@@H](C)CCc1ccccc1. The molecule has 2 aromatic carbocycles. The van der Waals surface area contributed by atoms with Gasteiger partial charge in [-0.1, -0.05) is 48.5 Å². The van der Waals surface area contributed by atoms with Gasteiger partial charge in [-0.3, -0.25) is 4.79 Å². The zero-order valence-corrected chi connectivity index (χ0v) is 13.2. The first-order valence-electron chi connectivity index (χ1n) is 7.71. The lowest BCUT2D eigenvalue weighted by Crippen LogP contribution is -2.41. The van der Waals surface area contributed by atoms with E-state index in [2.05, 4.69) is 17.4 Å². The van der Waals surface area contributed by atoms with Crippen LogP contribution in [-0.4, -0.2) is 18.1 Å². The lowest BCUT2D eigenvalue weighted by atomic mass is 10.1. The Morgan fingerprint density at radius 1 is 1.00 bits per heavy atom. The topological polar surface area (TPSA) is 38.3 Å². The zero-order valence-electron chi connectivity index (χ0n) is 13.2. The molecule has 0 aliphatic rings. The Morgan fingerprint density at radius 2 is 1.59 bits per heavy atom. The summed E-state index contributed by atoms with van der Waals surface area (Å²) < 4.78 is 5.63. The minimum absolute atomic E-state index is 0.0792.